The van der Waals surface area contributed by atoms with Crippen LogP contribution < -0.4 is 10.9 Å². The summed E-state index contributed by atoms with van der Waals surface area (Å²) in [5.74, 6) is -1.52. The quantitative estimate of drug-likeness (QED) is 0.818. The molecule has 7 nitrogen and oxygen atoms in total. The summed E-state index contributed by atoms with van der Waals surface area (Å²) >= 11 is 0. The third-order valence-corrected chi connectivity index (χ3v) is 3.85. The first-order valence-electron chi connectivity index (χ1n) is 7.78. The van der Waals surface area contributed by atoms with Gasteiger partial charge >= 0.3 is 5.97 Å². The Bertz CT molecular complexity index is 876. The van der Waals surface area contributed by atoms with Crippen molar-refractivity contribution in [3.05, 3.63) is 40.2 Å². The fourth-order valence-electron chi connectivity index (χ4n) is 2.48. The van der Waals surface area contributed by atoms with E-state index in [-0.39, 0.29) is 17.8 Å². The Hall–Kier alpha value is -2.77. The molecule has 0 saturated heterocycles. The molecule has 0 fully saturated rings. The van der Waals surface area contributed by atoms with Gasteiger partial charge in [-0.15, -0.1) is 0 Å². The highest BCUT2D eigenvalue weighted by molar-refractivity contribution is 5.85. The van der Waals surface area contributed by atoms with E-state index in [9.17, 15) is 18.8 Å². The number of hydrogen-bond donors (Lipinski definition) is 1. The van der Waals surface area contributed by atoms with Gasteiger partial charge in [-0.3, -0.25) is 14.2 Å². The number of ether oxygens (including phenoxy) is 1. The Morgan fingerprint density at radius 2 is 2.04 bits per heavy atom. The van der Waals surface area contributed by atoms with Gasteiger partial charge in [0.25, 0.3) is 5.56 Å². The zero-order chi connectivity index (χ0) is 18.7. The molecule has 1 N–H and O–H groups in total. The predicted octanol–water partition coefficient (Wildman–Crippen LogP) is 1.16. The third kappa shape index (κ3) is 4.01. The number of carbonyl (C=O) groups is 2. The number of fused-ring (bicyclic) bond motifs is 1. The molecule has 2 aromatic rings. The first-order valence-corrected chi connectivity index (χ1v) is 7.78. The van der Waals surface area contributed by atoms with Crippen molar-refractivity contribution in [1.82, 2.24) is 14.9 Å². The van der Waals surface area contributed by atoms with E-state index in [1.807, 2.05) is 0 Å². The van der Waals surface area contributed by atoms with Crippen LogP contribution in [0, 0.1) is 18.7 Å². The van der Waals surface area contributed by atoms with Crippen molar-refractivity contribution in [2.75, 3.05) is 7.11 Å². The van der Waals surface area contributed by atoms with Gasteiger partial charge in [0.1, 0.15) is 24.2 Å². The number of hydrogen-bond acceptors (Lipinski definition) is 5. The highest BCUT2D eigenvalue weighted by atomic mass is 19.1. The van der Waals surface area contributed by atoms with Crippen molar-refractivity contribution in [3.8, 4) is 0 Å². The van der Waals surface area contributed by atoms with Gasteiger partial charge in [-0.2, -0.15) is 0 Å². The zero-order valence-corrected chi connectivity index (χ0v) is 14.5. The number of nitrogens with one attached hydrogen (secondary N) is 1. The Labute approximate surface area is 143 Å². The highest BCUT2D eigenvalue weighted by Crippen LogP contribution is 2.10. The Morgan fingerprint density at radius 3 is 2.64 bits per heavy atom. The van der Waals surface area contributed by atoms with Gasteiger partial charge in [0.05, 0.1) is 18.0 Å². The molecule has 25 heavy (non-hydrogen) atoms. The van der Waals surface area contributed by atoms with E-state index in [0.717, 1.165) is 10.6 Å². The lowest BCUT2D eigenvalue weighted by atomic mass is 10.0. The molecule has 0 unspecified atom stereocenters. The van der Waals surface area contributed by atoms with Crippen LogP contribution in [0.1, 0.15) is 19.7 Å². The number of benzene rings is 1. The van der Waals surface area contributed by atoms with Crippen molar-refractivity contribution < 1.29 is 18.7 Å². The number of aromatic nitrogens is 2. The second-order valence-corrected chi connectivity index (χ2v) is 6.02. The summed E-state index contributed by atoms with van der Waals surface area (Å²) in [7, 11) is 1.24. The standard InChI is InChI=1S/C17H20FN3O4/c1-9(2)15(17(24)25-4)20-14(22)8-21-10(3)19-13-6-5-11(18)7-12(13)16(21)23/h5-7,9,15H,8H2,1-4H3,(H,20,22)/t15-/m0/s1. The van der Waals surface area contributed by atoms with Gasteiger partial charge in [-0.05, 0) is 31.0 Å². The van der Waals surface area contributed by atoms with E-state index in [1.165, 1.54) is 19.2 Å². The van der Waals surface area contributed by atoms with Gasteiger partial charge in [-0.1, -0.05) is 13.8 Å². The molecular formula is C17H20FN3O4. The maximum atomic E-state index is 13.4. The molecule has 8 heteroatoms. The predicted molar refractivity (Wildman–Crippen MR) is 89.5 cm³/mol. The fourth-order valence-corrected chi connectivity index (χ4v) is 2.48. The number of aryl methyl sites for hydroxylation is 1. The first kappa shape index (κ1) is 18.6. The van der Waals surface area contributed by atoms with Gasteiger partial charge in [0, 0.05) is 0 Å². The molecule has 0 radical (unpaired) electrons. The molecule has 1 atom stereocenters. The maximum Gasteiger partial charge on any atom is 0.328 e. The van der Waals surface area contributed by atoms with E-state index in [0.29, 0.717) is 11.3 Å². The molecule has 0 aliphatic heterocycles. The van der Waals surface area contributed by atoms with E-state index >= 15 is 0 Å². The Balaban J connectivity index is 2.32. The highest BCUT2D eigenvalue weighted by Gasteiger charge is 2.25. The number of esters is 1. The van der Waals surface area contributed by atoms with Crippen molar-refractivity contribution in [3.63, 3.8) is 0 Å². The van der Waals surface area contributed by atoms with E-state index < -0.39 is 29.3 Å². The third-order valence-electron chi connectivity index (χ3n) is 3.85. The number of halogens is 1. The average molecular weight is 349 g/mol. The lowest BCUT2D eigenvalue weighted by Gasteiger charge is -2.20. The summed E-state index contributed by atoms with van der Waals surface area (Å²) in [5.41, 5.74) is -0.161. The molecule has 0 bridgehead atoms. The van der Waals surface area contributed by atoms with Crippen LogP contribution in [0.4, 0.5) is 4.39 Å². The summed E-state index contributed by atoms with van der Waals surface area (Å²) in [5, 5.41) is 2.64. The topological polar surface area (TPSA) is 90.3 Å². The van der Waals surface area contributed by atoms with Gasteiger partial charge in [0.2, 0.25) is 5.91 Å². The zero-order valence-electron chi connectivity index (χ0n) is 14.5. The minimum absolute atomic E-state index is 0.0896. The molecule has 0 spiro atoms. The monoisotopic (exact) mass is 349 g/mol. The van der Waals surface area contributed by atoms with E-state index in [2.05, 4.69) is 15.0 Å². The molecule has 0 aliphatic carbocycles. The number of methoxy groups -OCH3 is 1. The number of carbonyl (C=O) groups excluding carboxylic acids is 2. The Morgan fingerprint density at radius 1 is 1.36 bits per heavy atom. The molecule has 0 aliphatic rings. The summed E-state index contributed by atoms with van der Waals surface area (Å²) in [6.07, 6.45) is 0. The van der Waals surface area contributed by atoms with Crippen LogP contribution in [0.5, 0.6) is 0 Å². The van der Waals surface area contributed by atoms with Crippen molar-refractivity contribution in [1.29, 1.82) is 0 Å². The number of rotatable bonds is 5. The minimum atomic E-state index is -0.820. The van der Waals surface area contributed by atoms with Gasteiger partial charge in [-0.25, -0.2) is 14.2 Å². The summed E-state index contributed by atoms with van der Waals surface area (Å²) in [6, 6.07) is 2.90. The summed E-state index contributed by atoms with van der Waals surface area (Å²) in [4.78, 5) is 40.8. The second kappa shape index (κ2) is 7.42. The Kier molecular flexibility index (Phi) is 5.51. The van der Waals surface area contributed by atoms with Crippen LogP contribution in [0.15, 0.2) is 23.0 Å². The van der Waals surface area contributed by atoms with Gasteiger partial charge in [0.15, 0.2) is 0 Å². The average Bonchev–Trinajstić information content (AvgIpc) is 2.56. The van der Waals surface area contributed by atoms with Crippen LogP contribution >= 0.6 is 0 Å². The lowest BCUT2D eigenvalue weighted by molar-refractivity contribution is -0.146. The molecule has 0 saturated carbocycles. The maximum absolute atomic E-state index is 13.4. The largest absolute Gasteiger partial charge is 0.467 e. The van der Waals surface area contributed by atoms with Crippen molar-refractivity contribution in [2.24, 2.45) is 5.92 Å². The summed E-state index contributed by atoms with van der Waals surface area (Å²) < 4.78 is 19.2. The second-order valence-electron chi connectivity index (χ2n) is 6.02. The SMILES string of the molecule is COC(=O)[C@@H](NC(=O)Cn1c(C)nc2ccc(F)cc2c1=O)C(C)C. The molecular weight excluding hydrogens is 329 g/mol. The van der Waals surface area contributed by atoms with Crippen LogP contribution in [0.2, 0.25) is 0 Å². The van der Waals surface area contributed by atoms with Crippen molar-refractivity contribution >= 4 is 22.8 Å². The molecule has 1 heterocycles. The first-order chi connectivity index (χ1) is 11.7. The lowest BCUT2D eigenvalue weighted by Crippen LogP contribution is -2.47. The summed E-state index contributed by atoms with van der Waals surface area (Å²) in [6.45, 7) is 4.78. The van der Waals surface area contributed by atoms with E-state index in [4.69, 9.17) is 0 Å². The van der Waals surface area contributed by atoms with Crippen LogP contribution in [-0.4, -0.2) is 34.6 Å². The molecule has 1 aromatic heterocycles. The number of nitrogens with zero attached hydrogens (tertiary/aromatic N) is 2. The smallest absolute Gasteiger partial charge is 0.328 e. The molecule has 1 amide bonds. The van der Waals surface area contributed by atoms with Crippen LogP contribution in [-0.2, 0) is 20.9 Å². The molecule has 1 aromatic carbocycles. The number of amides is 1. The minimum Gasteiger partial charge on any atom is -0.467 e. The van der Waals surface area contributed by atoms with Gasteiger partial charge < -0.3 is 10.1 Å². The normalized spacial score (nSPS) is 12.2. The fraction of sp³-hybridized carbons (Fsp3) is 0.412. The van der Waals surface area contributed by atoms with Crippen LogP contribution in [0.25, 0.3) is 10.9 Å². The van der Waals surface area contributed by atoms with E-state index in [1.54, 1.807) is 20.8 Å². The van der Waals surface area contributed by atoms with Crippen molar-refractivity contribution in [2.45, 2.75) is 33.4 Å². The van der Waals surface area contributed by atoms with Crippen LogP contribution in [0.3, 0.4) is 0 Å². The molecule has 134 valence electrons. The molecule has 2 rings (SSSR count).